The number of allylic oxidation sites excluding steroid dienone is 1. The molecule has 1 nitrogen and oxygen atoms in total. The number of carbonyl (C=O) groups excluding carboxylic acids is 1. The van der Waals surface area contributed by atoms with Crippen molar-refractivity contribution < 1.29 is 4.79 Å². The maximum atomic E-state index is 12.3. The summed E-state index contributed by atoms with van der Waals surface area (Å²) in [6.07, 6.45) is 0. The second kappa shape index (κ2) is 6.12. The van der Waals surface area contributed by atoms with Gasteiger partial charge in [0.2, 0.25) is 0 Å². The average Bonchev–Trinajstić information content (AvgIpc) is 3.01. The monoisotopic (exact) mass is 304 g/mol. The first-order valence-electron chi connectivity index (χ1n) is 7.11. The van der Waals surface area contributed by atoms with E-state index in [1.807, 2.05) is 42.5 Å². The Labute approximate surface area is 134 Å². The van der Waals surface area contributed by atoms with Crippen LogP contribution in [-0.2, 0) is 0 Å². The minimum Gasteiger partial charge on any atom is -0.288 e. The quantitative estimate of drug-likeness (QED) is 0.437. The van der Waals surface area contributed by atoms with Crippen LogP contribution in [0.3, 0.4) is 0 Å². The molecule has 0 unspecified atom stereocenters. The van der Waals surface area contributed by atoms with E-state index in [0.717, 1.165) is 26.4 Å². The van der Waals surface area contributed by atoms with Crippen molar-refractivity contribution in [2.45, 2.75) is 6.92 Å². The van der Waals surface area contributed by atoms with Crippen molar-refractivity contribution in [1.29, 1.82) is 0 Å². The number of hydrogen-bond acceptors (Lipinski definition) is 2. The molecule has 0 bridgehead atoms. The molecular weight excluding hydrogens is 288 g/mol. The molecule has 2 heteroatoms. The summed E-state index contributed by atoms with van der Waals surface area (Å²) in [7, 11) is 0. The fourth-order valence-corrected chi connectivity index (χ4v) is 3.55. The molecule has 1 aromatic heterocycles. The lowest BCUT2D eigenvalue weighted by Crippen LogP contribution is -1.95. The normalized spacial score (nSPS) is 10.4. The van der Waals surface area contributed by atoms with Crippen molar-refractivity contribution in [3.05, 3.63) is 83.8 Å². The zero-order valence-corrected chi connectivity index (χ0v) is 13.2. The lowest BCUT2D eigenvalue weighted by Gasteiger charge is -2.03. The Morgan fingerprint density at radius 3 is 2.00 bits per heavy atom. The Balaban J connectivity index is 2.19. The third kappa shape index (κ3) is 2.78. The highest BCUT2D eigenvalue weighted by Gasteiger charge is 2.17. The first kappa shape index (κ1) is 14.5. The van der Waals surface area contributed by atoms with Crippen LogP contribution in [0.5, 0.6) is 0 Å². The van der Waals surface area contributed by atoms with Gasteiger partial charge in [-0.05, 0) is 29.7 Å². The highest BCUT2D eigenvalue weighted by Crippen LogP contribution is 2.39. The van der Waals surface area contributed by atoms with Crippen LogP contribution in [-0.4, -0.2) is 5.78 Å². The Morgan fingerprint density at radius 1 is 0.909 bits per heavy atom. The van der Waals surface area contributed by atoms with Gasteiger partial charge in [-0.25, -0.2) is 0 Å². The summed E-state index contributed by atoms with van der Waals surface area (Å²) < 4.78 is 0. The first-order valence-corrected chi connectivity index (χ1v) is 7.93. The summed E-state index contributed by atoms with van der Waals surface area (Å²) in [6, 6.07) is 22.3. The van der Waals surface area contributed by atoms with Crippen LogP contribution in [0.4, 0.5) is 0 Å². The maximum absolute atomic E-state index is 12.3. The fourth-order valence-electron chi connectivity index (χ4n) is 2.35. The summed E-state index contributed by atoms with van der Waals surface area (Å²) in [6.45, 7) is 5.53. The van der Waals surface area contributed by atoms with Gasteiger partial charge in [-0.3, -0.25) is 4.79 Å². The zero-order chi connectivity index (χ0) is 15.5. The summed E-state index contributed by atoms with van der Waals surface area (Å²) in [4.78, 5) is 14.1. The summed E-state index contributed by atoms with van der Waals surface area (Å²) in [5.41, 5.74) is 3.92. The fraction of sp³-hybridized carbons (Fsp3) is 0.0500. The van der Waals surface area contributed by atoms with Crippen LogP contribution in [0.1, 0.15) is 16.6 Å². The largest absolute Gasteiger partial charge is 0.288 e. The van der Waals surface area contributed by atoms with Crippen LogP contribution < -0.4 is 0 Å². The molecule has 0 saturated heterocycles. The molecule has 0 atom stereocenters. The van der Waals surface area contributed by atoms with Gasteiger partial charge in [-0.15, -0.1) is 11.3 Å². The maximum Gasteiger partial charge on any atom is 0.198 e. The molecule has 22 heavy (non-hydrogen) atoms. The molecule has 108 valence electrons. The molecule has 0 spiro atoms. The number of ketones is 1. The highest BCUT2D eigenvalue weighted by molar-refractivity contribution is 7.18. The summed E-state index contributed by atoms with van der Waals surface area (Å²) >= 11 is 1.53. The second-order valence-corrected chi connectivity index (χ2v) is 6.25. The molecule has 3 rings (SSSR count). The standard InChI is InChI=1S/C20H16OS/c1-14(2)19(21)18-13-17(15-9-5-3-6-10-15)20(22-18)16-11-7-4-8-12-16/h3-13H,1H2,2H3. The van der Waals surface area contributed by atoms with Crippen molar-refractivity contribution in [2.75, 3.05) is 0 Å². The molecule has 1 heterocycles. The molecule has 3 aromatic rings. The number of thiophene rings is 1. The molecule has 0 aliphatic rings. The van der Waals surface area contributed by atoms with Gasteiger partial charge in [0, 0.05) is 10.4 Å². The predicted octanol–water partition coefficient (Wildman–Crippen LogP) is 5.84. The summed E-state index contributed by atoms with van der Waals surface area (Å²) in [5.74, 6) is 0.0179. The summed E-state index contributed by atoms with van der Waals surface area (Å²) in [5, 5.41) is 0. The lowest BCUT2D eigenvalue weighted by atomic mass is 10.0. The zero-order valence-electron chi connectivity index (χ0n) is 12.4. The van der Waals surface area contributed by atoms with Crippen molar-refractivity contribution in [3.63, 3.8) is 0 Å². The minimum atomic E-state index is 0.0179. The Morgan fingerprint density at radius 2 is 1.45 bits per heavy atom. The van der Waals surface area contributed by atoms with E-state index in [9.17, 15) is 4.79 Å². The van der Waals surface area contributed by atoms with E-state index in [1.165, 1.54) is 11.3 Å². The van der Waals surface area contributed by atoms with Gasteiger partial charge in [0.05, 0.1) is 4.88 Å². The minimum absolute atomic E-state index is 0.0179. The smallest absolute Gasteiger partial charge is 0.198 e. The molecule has 0 saturated carbocycles. The van der Waals surface area contributed by atoms with Crippen LogP contribution in [0.25, 0.3) is 21.6 Å². The third-order valence-electron chi connectivity index (χ3n) is 3.46. The predicted molar refractivity (Wildman–Crippen MR) is 94.3 cm³/mol. The van der Waals surface area contributed by atoms with E-state index in [-0.39, 0.29) is 5.78 Å². The van der Waals surface area contributed by atoms with Crippen molar-refractivity contribution in [2.24, 2.45) is 0 Å². The molecule has 0 N–H and O–H groups in total. The number of rotatable bonds is 4. The van der Waals surface area contributed by atoms with Gasteiger partial charge in [-0.2, -0.15) is 0 Å². The molecule has 0 fully saturated rings. The Bertz CT molecular complexity index is 756. The lowest BCUT2D eigenvalue weighted by molar-refractivity contribution is 0.103. The van der Waals surface area contributed by atoms with Gasteiger partial charge in [0.25, 0.3) is 0 Å². The number of Topliss-reactive ketones (excluding diaryl/α,β-unsaturated/α-hetero) is 1. The SMILES string of the molecule is C=C(C)C(=O)c1cc(-c2ccccc2)c(-c2ccccc2)s1. The van der Waals surface area contributed by atoms with Crippen molar-refractivity contribution >= 4 is 17.1 Å². The highest BCUT2D eigenvalue weighted by atomic mass is 32.1. The van der Waals surface area contributed by atoms with E-state index in [2.05, 4.69) is 30.8 Å². The van der Waals surface area contributed by atoms with Crippen LogP contribution in [0, 0.1) is 0 Å². The number of hydrogen-bond donors (Lipinski definition) is 0. The van der Waals surface area contributed by atoms with Gasteiger partial charge < -0.3 is 0 Å². The van der Waals surface area contributed by atoms with Gasteiger partial charge in [0.1, 0.15) is 0 Å². The second-order valence-electron chi connectivity index (χ2n) is 5.19. The van der Waals surface area contributed by atoms with E-state index in [1.54, 1.807) is 6.92 Å². The number of carbonyl (C=O) groups is 1. The van der Waals surface area contributed by atoms with Crippen molar-refractivity contribution in [1.82, 2.24) is 0 Å². The van der Waals surface area contributed by atoms with Crippen LogP contribution in [0.15, 0.2) is 78.9 Å². The van der Waals surface area contributed by atoms with E-state index in [0.29, 0.717) is 5.57 Å². The van der Waals surface area contributed by atoms with Gasteiger partial charge >= 0.3 is 0 Å². The third-order valence-corrected chi connectivity index (χ3v) is 4.65. The van der Waals surface area contributed by atoms with E-state index >= 15 is 0 Å². The van der Waals surface area contributed by atoms with Crippen LogP contribution >= 0.6 is 11.3 Å². The molecular formula is C20H16OS. The molecule has 2 aromatic carbocycles. The van der Waals surface area contributed by atoms with Crippen molar-refractivity contribution in [3.8, 4) is 21.6 Å². The molecule has 0 aliphatic heterocycles. The Kier molecular flexibility index (Phi) is 4.03. The average molecular weight is 304 g/mol. The van der Waals surface area contributed by atoms with E-state index < -0.39 is 0 Å². The Hall–Kier alpha value is -2.45. The molecule has 0 amide bonds. The molecule has 0 aliphatic carbocycles. The van der Waals surface area contributed by atoms with Crippen LogP contribution in [0.2, 0.25) is 0 Å². The topological polar surface area (TPSA) is 17.1 Å². The van der Waals surface area contributed by atoms with E-state index in [4.69, 9.17) is 0 Å². The first-order chi connectivity index (χ1) is 10.7. The molecule has 0 radical (unpaired) electrons. The van der Waals surface area contributed by atoms with Gasteiger partial charge in [0.15, 0.2) is 5.78 Å². The van der Waals surface area contributed by atoms with Gasteiger partial charge in [-0.1, -0.05) is 67.2 Å². The number of benzene rings is 2.